The quantitative estimate of drug-likeness (QED) is 0.583. The summed E-state index contributed by atoms with van der Waals surface area (Å²) in [7, 11) is 0. The summed E-state index contributed by atoms with van der Waals surface area (Å²) in [4.78, 5) is 10.9. The van der Waals surface area contributed by atoms with E-state index in [1.165, 1.54) is 24.8 Å². The third-order valence-corrected chi connectivity index (χ3v) is 4.53. The molecule has 0 aromatic carbocycles. The lowest BCUT2D eigenvalue weighted by atomic mass is 9.71. The number of allylic oxidation sites excluding steroid dienone is 3. The Bertz CT molecular complexity index is 390. The van der Waals surface area contributed by atoms with E-state index in [-0.39, 0.29) is 0 Å². The van der Waals surface area contributed by atoms with Gasteiger partial charge in [-0.05, 0) is 57.3 Å². The van der Waals surface area contributed by atoms with E-state index >= 15 is 0 Å². The van der Waals surface area contributed by atoms with Crippen LogP contribution in [-0.2, 0) is 4.79 Å². The molecule has 2 aliphatic carbocycles. The van der Waals surface area contributed by atoms with Crippen molar-refractivity contribution in [2.45, 2.75) is 46.5 Å². The van der Waals surface area contributed by atoms with Crippen LogP contribution in [0, 0.1) is 17.8 Å². The average Bonchev–Trinajstić information content (AvgIpc) is 2.66. The fourth-order valence-corrected chi connectivity index (χ4v) is 3.52. The molecule has 0 radical (unpaired) electrons. The molecule has 0 aromatic rings. The molecule has 3 atom stereocenters. The minimum atomic E-state index is -0.781. The summed E-state index contributed by atoms with van der Waals surface area (Å²) >= 11 is 0. The van der Waals surface area contributed by atoms with Crippen LogP contribution in [0.25, 0.3) is 0 Å². The Morgan fingerprint density at radius 1 is 1.35 bits per heavy atom. The second kappa shape index (κ2) is 4.67. The second-order valence-electron chi connectivity index (χ2n) is 5.70. The number of carbonyl (C=O) groups is 1. The van der Waals surface area contributed by atoms with Crippen LogP contribution < -0.4 is 0 Å². The number of carboxylic acids is 1. The maximum atomic E-state index is 10.9. The predicted octanol–water partition coefficient (Wildman–Crippen LogP) is 3.79. The molecule has 0 spiro atoms. The van der Waals surface area contributed by atoms with Gasteiger partial charge >= 0.3 is 5.97 Å². The van der Waals surface area contributed by atoms with E-state index in [1.807, 2.05) is 6.08 Å². The first-order valence-electron chi connectivity index (χ1n) is 6.62. The molecule has 0 amide bonds. The molecule has 1 saturated carbocycles. The van der Waals surface area contributed by atoms with E-state index < -0.39 is 5.97 Å². The van der Waals surface area contributed by atoms with Gasteiger partial charge < -0.3 is 5.11 Å². The largest absolute Gasteiger partial charge is 0.478 e. The highest BCUT2D eigenvalue weighted by molar-refractivity contribution is 5.85. The molecule has 2 aliphatic rings. The number of hydrogen-bond donors (Lipinski definition) is 1. The molecule has 0 unspecified atom stereocenters. The van der Waals surface area contributed by atoms with Gasteiger partial charge in [-0.15, -0.1) is 0 Å². The first kappa shape index (κ1) is 12.4. The normalized spacial score (nSPS) is 33.8. The molecule has 1 fully saturated rings. The smallest absolute Gasteiger partial charge is 0.330 e. The minimum absolute atomic E-state index is 0.384. The summed E-state index contributed by atoms with van der Waals surface area (Å²) in [5, 5.41) is 8.99. The Hall–Kier alpha value is -1.05. The van der Waals surface area contributed by atoms with Crippen LogP contribution in [0.15, 0.2) is 22.8 Å². The van der Waals surface area contributed by atoms with E-state index in [0.29, 0.717) is 17.4 Å². The highest BCUT2D eigenvalue weighted by Gasteiger charge is 2.35. The van der Waals surface area contributed by atoms with Crippen molar-refractivity contribution in [1.29, 1.82) is 0 Å². The van der Waals surface area contributed by atoms with Gasteiger partial charge in [0.15, 0.2) is 0 Å². The van der Waals surface area contributed by atoms with Crippen molar-refractivity contribution in [3.05, 3.63) is 22.8 Å². The average molecular weight is 234 g/mol. The van der Waals surface area contributed by atoms with Crippen LogP contribution in [-0.4, -0.2) is 11.1 Å². The fourth-order valence-electron chi connectivity index (χ4n) is 3.52. The predicted molar refractivity (Wildman–Crippen MR) is 68.7 cm³/mol. The second-order valence-corrected chi connectivity index (χ2v) is 5.70. The molecular formula is C15H22O2. The van der Waals surface area contributed by atoms with Crippen molar-refractivity contribution in [2.24, 2.45) is 17.8 Å². The maximum Gasteiger partial charge on any atom is 0.330 e. The highest BCUT2D eigenvalue weighted by atomic mass is 16.4. The lowest BCUT2D eigenvalue weighted by Crippen LogP contribution is -2.23. The highest BCUT2D eigenvalue weighted by Crippen LogP contribution is 2.48. The van der Waals surface area contributed by atoms with E-state index in [0.717, 1.165) is 12.3 Å². The van der Waals surface area contributed by atoms with Crippen LogP contribution in [0.1, 0.15) is 46.5 Å². The topological polar surface area (TPSA) is 37.3 Å². The van der Waals surface area contributed by atoms with Crippen LogP contribution in [0.3, 0.4) is 0 Å². The molecule has 0 heterocycles. The number of carboxylic acid groups (broad SMARTS) is 1. The molecule has 17 heavy (non-hydrogen) atoms. The molecular weight excluding hydrogens is 212 g/mol. The van der Waals surface area contributed by atoms with Crippen LogP contribution in [0.5, 0.6) is 0 Å². The third kappa shape index (κ3) is 2.31. The minimum Gasteiger partial charge on any atom is -0.478 e. The number of rotatable bonds is 2. The number of aliphatic carboxylic acids is 1. The summed E-state index contributed by atoms with van der Waals surface area (Å²) in [5.41, 5.74) is 3.57. The fraction of sp³-hybridized carbons (Fsp3) is 0.667. The molecule has 1 N–H and O–H groups in total. The van der Waals surface area contributed by atoms with Crippen molar-refractivity contribution >= 4 is 5.97 Å². The van der Waals surface area contributed by atoms with Gasteiger partial charge in [-0.3, -0.25) is 0 Å². The number of fused-ring (bicyclic) bond motifs is 1. The van der Waals surface area contributed by atoms with Crippen molar-refractivity contribution in [3.63, 3.8) is 0 Å². The zero-order chi connectivity index (χ0) is 12.6. The van der Waals surface area contributed by atoms with Crippen LogP contribution >= 0.6 is 0 Å². The standard InChI is InChI=1S/C15H22O2/c1-9-4-6-12(8-11(3)15(16)17)14-10(2)5-7-13(9)14/h8-9,12-13H,4-7H2,1-3H3,(H,16,17)/b11-8+/t9-,12-,13+/m0/s1. The maximum absolute atomic E-state index is 10.9. The first-order valence-corrected chi connectivity index (χ1v) is 6.62. The first-order chi connectivity index (χ1) is 8.00. The van der Waals surface area contributed by atoms with Gasteiger partial charge in [-0.1, -0.05) is 24.1 Å². The van der Waals surface area contributed by atoms with Gasteiger partial charge in [0.05, 0.1) is 0 Å². The zero-order valence-corrected chi connectivity index (χ0v) is 11.0. The van der Waals surface area contributed by atoms with Crippen LogP contribution in [0.2, 0.25) is 0 Å². The SMILES string of the molecule is CC1=C2[C@H](/C=C(\C)C(=O)O)CC[C@H](C)[C@H]2CC1. The molecule has 2 nitrogen and oxygen atoms in total. The summed E-state index contributed by atoms with van der Waals surface area (Å²) < 4.78 is 0. The van der Waals surface area contributed by atoms with E-state index in [4.69, 9.17) is 5.11 Å². The zero-order valence-electron chi connectivity index (χ0n) is 11.0. The number of hydrogen-bond acceptors (Lipinski definition) is 1. The molecule has 2 rings (SSSR count). The van der Waals surface area contributed by atoms with Gasteiger partial charge in [0.25, 0.3) is 0 Å². The van der Waals surface area contributed by atoms with E-state index in [9.17, 15) is 4.79 Å². The van der Waals surface area contributed by atoms with Crippen molar-refractivity contribution in [1.82, 2.24) is 0 Å². The van der Waals surface area contributed by atoms with Crippen molar-refractivity contribution in [2.75, 3.05) is 0 Å². The van der Waals surface area contributed by atoms with E-state index in [1.54, 1.807) is 12.5 Å². The van der Waals surface area contributed by atoms with Gasteiger partial charge in [-0.25, -0.2) is 4.79 Å². The summed E-state index contributed by atoms with van der Waals surface area (Å²) in [6.45, 7) is 6.28. The van der Waals surface area contributed by atoms with Gasteiger partial charge in [0.1, 0.15) is 0 Å². The Kier molecular flexibility index (Phi) is 3.41. The summed E-state index contributed by atoms with van der Waals surface area (Å²) in [5.74, 6) is 1.09. The lowest BCUT2D eigenvalue weighted by Gasteiger charge is -2.34. The molecule has 94 valence electrons. The molecule has 0 aliphatic heterocycles. The molecule has 0 bridgehead atoms. The van der Waals surface area contributed by atoms with Gasteiger partial charge in [0, 0.05) is 5.57 Å². The third-order valence-electron chi connectivity index (χ3n) is 4.53. The van der Waals surface area contributed by atoms with Gasteiger partial charge in [-0.2, -0.15) is 0 Å². The summed E-state index contributed by atoms with van der Waals surface area (Å²) in [6.07, 6.45) is 6.81. The monoisotopic (exact) mass is 234 g/mol. The lowest BCUT2D eigenvalue weighted by molar-refractivity contribution is -0.132. The van der Waals surface area contributed by atoms with Crippen molar-refractivity contribution in [3.8, 4) is 0 Å². The Morgan fingerprint density at radius 2 is 2.06 bits per heavy atom. The summed E-state index contributed by atoms with van der Waals surface area (Å²) in [6, 6.07) is 0. The van der Waals surface area contributed by atoms with Crippen molar-refractivity contribution < 1.29 is 9.90 Å². The van der Waals surface area contributed by atoms with Crippen LogP contribution in [0.4, 0.5) is 0 Å². The molecule has 0 saturated heterocycles. The van der Waals surface area contributed by atoms with Gasteiger partial charge in [0.2, 0.25) is 0 Å². The Labute approximate surface area is 103 Å². The Morgan fingerprint density at radius 3 is 2.71 bits per heavy atom. The Balaban J connectivity index is 2.27. The molecule has 0 aromatic heterocycles. The van der Waals surface area contributed by atoms with E-state index in [2.05, 4.69) is 13.8 Å². The molecule has 2 heteroatoms.